The standard InChI is InChI=1S/C24H26N4O/c1-18-7-6-10-22(19(18)2)26-20-11-12-25-23(17-20)24(29)28-15-13-27(14-16-28)21-8-4-3-5-9-21/h3-12,17H,13-16H2,1-2H3,(H,25,26). The highest BCUT2D eigenvalue weighted by atomic mass is 16.2. The van der Waals surface area contributed by atoms with Gasteiger partial charge >= 0.3 is 0 Å². The molecule has 0 saturated carbocycles. The monoisotopic (exact) mass is 386 g/mol. The van der Waals surface area contributed by atoms with Gasteiger partial charge < -0.3 is 15.1 Å². The van der Waals surface area contributed by atoms with Crippen LogP contribution in [-0.4, -0.2) is 42.0 Å². The quantitative estimate of drug-likeness (QED) is 0.722. The van der Waals surface area contributed by atoms with Crippen molar-refractivity contribution in [3.63, 3.8) is 0 Å². The normalized spacial score (nSPS) is 14.0. The van der Waals surface area contributed by atoms with Gasteiger partial charge in [-0.3, -0.25) is 9.78 Å². The number of piperazine rings is 1. The molecule has 1 N–H and O–H groups in total. The first-order valence-electron chi connectivity index (χ1n) is 10.0. The van der Waals surface area contributed by atoms with Crippen LogP contribution in [0.4, 0.5) is 17.1 Å². The Morgan fingerprint density at radius 1 is 0.931 bits per heavy atom. The highest BCUT2D eigenvalue weighted by Crippen LogP contribution is 2.23. The zero-order chi connectivity index (χ0) is 20.2. The highest BCUT2D eigenvalue weighted by Gasteiger charge is 2.23. The fourth-order valence-electron chi connectivity index (χ4n) is 3.64. The molecule has 29 heavy (non-hydrogen) atoms. The van der Waals surface area contributed by atoms with Crippen molar-refractivity contribution in [1.29, 1.82) is 0 Å². The fourth-order valence-corrected chi connectivity index (χ4v) is 3.64. The number of nitrogens with one attached hydrogen (secondary N) is 1. The average molecular weight is 386 g/mol. The van der Waals surface area contributed by atoms with Crippen LogP contribution in [0.2, 0.25) is 0 Å². The lowest BCUT2D eigenvalue weighted by Crippen LogP contribution is -2.49. The van der Waals surface area contributed by atoms with Gasteiger partial charge in [-0.2, -0.15) is 0 Å². The van der Waals surface area contributed by atoms with Crippen molar-refractivity contribution in [2.75, 3.05) is 36.4 Å². The molecule has 1 saturated heterocycles. The smallest absolute Gasteiger partial charge is 0.272 e. The van der Waals surface area contributed by atoms with Crippen molar-refractivity contribution >= 4 is 23.0 Å². The number of anilines is 3. The Balaban J connectivity index is 1.43. The highest BCUT2D eigenvalue weighted by molar-refractivity contribution is 5.93. The van der Waals surface area contributed by atoms with Crippen LogP contribution in [-0.2, 0) is 0 Å². The first kappa shape index (κ1) is 19.0. The third-order valence-corrected chi connectivity index (χ3v) is 5.55. The van der Waals surface area contributed by atoms with Gasteiger partial charge in [0.25, 0.3) is 5.91 Å². The molecule has 1 aliphatic rings. The lowest BCUT2D eigenvalue weighted by atomic mass is 10.1. The molecule has 3 aromatic rings. The second-order valence-electron chi connectivity index (χ2n) is 7.42. The van der Waals surface area contributed by atoms with E-state index < -0.39 is 0 Å². The van der Waals surface area contributed by atoms with E-state index >= 15 is 0 Å². The summed E-state index contributed by atoms with van der Waals surface area (Å²) in [7, 11) is 0. The molecule has 0 spiro atoms. The Kier molecular flexibility index (Phi) is 5.47. The van der Waals surface area contributed by atoms with Gasteiger partial charge in [-0.05, 0) is 55.3 Å². The maximum Gasteiger partial charge on any atom is 0.272 e. The van der Waals surface area contributed by atoms with Crippen LogP contribution in [0.3, 0.4) is 0 Å². The summed E-state index contributed by atoms with van der Waals surface area (Å²) in [6, 6.07) is 20.3. The number of aryl methyl sites for hydroxylation is 1. The van der Waals surface area contributed by atoms with Crippen LogP contribution < -0.4 is 10.2 Å². The molecule has 4 rings (SSSR count). The molecule has 0 atom stereocenters. The third-order valence-electron chi connectivity index (χ3n) is 5.55. The van der Waals surface area contributed by atoms with Crippen molar-refractivity contribution in [2.45, 2.75) is 13.8 Å². The van der Waals surface area contributed by atoms with Gasteiger partial charge in [0.15, 0.2) is 0 Å². The van der Waals surface area contributed by atoms with E-state index in [0.717, 1.165) is 24.5 Å². The molecule has 5 heteroatoms. The molecule has 1 aliphatic heterocycles. The molecule has 0 bridgehead atoms. The van der Waals surface area contributed by atoms with Crippen LogP contribution in [0.15, 0.2) is 66.9 Å². The van der Waals surface area contributed by atoms with Crippen LogP contribution >= 0.6 is 0 Å². The summed E-state index contributed by atoms with van der Waals surface area (Å²) in [5.41, 5.74) is 6.04. The number of benzene rings is 2. The molecule has 5 nitrogen and oxygen atoms in total. The Morgan fingerprint density at radius 2 is 1.69 bits per heavy atom. The van der Waals surface area contributed by atoms with Crippen molar-refractivity contribution < 1.29 is 4.79 Å². The number of carbonyl (C=O) groups is 1. The van der Waals surface area contributed by atoms with Gasteiger partial charge in [-0.1, -0.05) is 30.3 Å². The number of amides is 1. The zero-order valence-corrected chi connectivity index (χ0v) is 16.9. The van der Waals surface area contributed by atoms with E-state index in [-0.39, 0.29) is 5.91 Å². The van der Waals surface area contributed by atoms with Gasteiger partial charge in [0, 0.05) is 49.4 Å². The molecule has 1 fully saturated rings. The summed E-state index contributed by atoms with van der Waals surface area (Å²) in [5.74, 6) is -0.0117. The number of hydrogen-bond acceptors (Lipinski definition) is 4. The maximum atomic E-state index is 13.0. The van der Waals surface area contributed by atoms with E-state index in [1.165, 1.54) is 16.8 Å². The number of carbonyl (C=O) groups excluding carboxylic acids is 1. The lowest BCUT2D eigenvalue weighted by Gasteiger charge is -2.36. The first-order valence-corrected chi connectivity index (χ1v) is 10.0. The number of hydrogen-bond donors (Lipinski definition) is 1. The van der Waals surface area contributed by atoms with Crippen LogP contribution in [0.1, 0.15) is 21.6 Å². The number of nitrogens with zero attached hydrogens (tertiary/aromatic N) is 3. The van der Waals surface area contributed by atoms with E-state index in [1.807, 2.05) is 47.4 Å². The molecule has 2 aromatic carbocycles. The van der Waals surface area contributed by atoms with E-state index in [1.54, 1.807) is 6.20 Å². The van der Waals surface area contributed by atoms with Gasteiger partial charge in [0.1, 0.15) is 5.69 Å². The molecular weight excluding hydrogens is 360 g/mol. The minimum Gasteiger partial charge on any atom is -0.368 e. The Labute approximate surface area is 172 Å². The van der Waals surface area contributed by atoms with E-state index in [2.05, 4.69) is 47.2 Å². The summed E-state index contributed by atoms with van der Waals surface area (Å²) < 4.78 is 0. The Bertz CT molecular complexity index is 995. The summed E-state index contributed by atoms with van der Waals surface area (Å²) in [5, 5.41) is 3.42. The van der Waals surface area contributed by atoms with Gasteiger partial charge in [0.2, 0.25) is 0 Å². The second-order valence-corrected chi connectivity index (χ2v) is 7.42. The van der Waals surface area contributed by atoms with E-state index in [9.17, 15) is 4.79 Å². The summed E-state index contributed by atoms with van der Waals surface area (Å²) in [6.07, 6.45) is 1.70. The minimum atomic E-state index is -0.0117. The van der Waals surface area contributed by atoms with Crippen molar-refractivity contribution in [2.24, 2.45) is 0 Å². The van der Waals surface area contributed by atoms with Gasteiger partial charge in [0.05, 0.1) is 0 Å². The molecule has 2 heterocycles. The van der Waals surface area contributed by atoms with Crippen molar-refractivity contribution in [3.05, 3.63) is 83.7 Å². The Hall–Kier alpha value is -3.34. The summed E-state index contributed by atoms with van der Waals surface area (Å²) >= 11 is 0. The molecule has 0 aliphatic carbocycles. The van der Waals surface area contributed by atoms with Crippen LogP contribution in [0.5, 0.6) is 0 Å². The second kappa shape index (κ2) is 8.35. The molecule has 0 unspecified atom stereocenters. The molecule has 148 valence electrons. The van der Waals surface area contributed by atoms with Crippen molar-refractivity contribution in [3.8, 4) is 0 Å². The molecule has 1 amide bonds. The zero-order valence-electron chi connectivity index (χ0n) is 16.9. The third kappa shape index (κ3) is 4.24. The largest absolute Gasteiger partial charge is 0.368 e. The topological polar surface area (TPSA) is 48.5 Å². The number of rotatable bonds is 4. The number of para-hydroxylation sites is 1. The predicted octanol–water partition coefficient (Wildman–Crippen LogP) is 4.40. The van der Waals surface area contributed by atoms with E-state index in [0.29, 0.717) is 18.8 Å². The van der Waals surface area contributed by atoms with Crippen LogP contribution in [0.25, 0.3) is 0 Å². The lowest BCUT2D eigenvalue weighted by molar-refractivity contribution is 0.0741. The Morgan fingerprint density at radius 3 is 2.45 bits per heavy atom. The number of pyridine rings is 1. The maximum absolute atomic E-state index is 13.0. The predicted molar refractivity (Wildman–Crippen MR) is 118 cm³/mol. The SMILES string of the molecule is Cc1cccc(Nc2ccnc(C(=O)N3CCN(c4ccccc4)CC3)c2)c1C. The van der Waals surface area contributed by atoms with Crippen LogP contribution in [0, 0.1) is 13.8 Å². The molecule has 1 aromatic heterocycles. The van der Waals surface area contributed by atoms with E-state index in [4.69, 9.17) is 0 Å². The summed E-state index contributed by atoms with van der Waals surface area (Å²) in [6.45, 7) is 7.24. The average Bonchev–Trinajstić information content (AvgIpc) is 2.77. The minimum absolute atomic E-state index is 0.0117. The van der Waals surface area contributed by atoms with Gasteiger partial charge in [-0.25, -0.2) is 0 Å². The number of aromatic nitrogens is 1. The van der Waals surface area contributed by atoms with Crippen molar-refractivity contribution in [1.82, 2.24) is 9.88 Å². The molecule has 0 radical (unpaired) electrons. The first-order chi connectivity index (χ1) is 14.1. The molecular formula is C24H26N4O. The fraction of sp³-hybridized carbons (Fsp3) is 0.250. The summed E-state index contributed by atoms with van der Waals surface area (Å²) in [4.78, 5) is 21.5. The van der Waals surface area contributed by atoms with Gasteiger partial charge in [-0.15, -0.1) is 0 Å².